The van der Waals surface area contributed by atoms with Gasteiger partial charge in [0.25, 0.3) is 0 Å². The van der Waals surface area contributed by atoms with Crippen LogP contribution in [0.25, 0.3) is 0 Å². The van der Waals surface area contributed by atoms with Crippen molar-refractivity contribution < 1.29 is 54.5 Å². The molecule has 2 N–H and O–H groups in total. The second-order valence-corrected chi connectivity index (χ2v) is 6.13. The van der Waals surface area contributed by atoms with Gasteiger partial charge >= 0.3 is 29.6 Å². The average molecular weight is 303 g/mol. The molecule has 7 heteroatoms. The predicted molar refractivity (Wildman–Crippen MR) is 65.7 cm³/mol. The summed E-state index contributed by atoms with van der Waals surface area (Å²) in [5.41, 5.74) is 0.220. The van der Waals surface area contributed by atoms with Crippen LogP contribution in [-0.2, 0) is 9.59 Å². The number of aliphatic hydroxyl groups excluding tert-OH is 2. The van der Waals surface area contributed by atoms with Crippen molar-refractivity contribution >= 4 is 11.9 Å². The Bertz CT molecular complexity index is 513. The van der Waals surface area contributed by atoms with Gasteiger partial charge in [0.1, 0.15) is 0 Å². The van der Waals surface area contributed by atoms with Gasteiger partial charge in [-0.05, 0) is 31.3 Å². The number of aliphatic hydroxyl groups is 2. The summed E-state index contributed by atoms with van der Waals surface area (Å²) in [6, 6.07) is -0.376. The van der Waals surface area contributed by atoms with Gasteiger partial charge in [0.05, 0.1) is 35.8 Å². The second kappa shape index (κ2) is 5.66. The van der Waals surface area contributed by atoms with Crippen LogP contribution < -0.4 is 34.7 Å². The van der Waals surface area contributed by atoms with E-state index in [1.165, 1.54) is 11.8 Å². The largest absolute Gasteiger partial charge is 1.00 e. The van der Waals surface area contributed by atoms with Crippen molar-refractivity contribution in [1.29, 1.82) is 0 Å². The molecule has 1 aliphatic carbocycles. The molecule has 1 saturated heterocycles. The maximum absolute atomic E-state index is 12.1. The number of hydrogen-bond acceptors (Lipinski definition) is 5. The minimum Gasteiger partial charge on any atom is -0.543 e. The number of aliphatic carboxylic acids is 1. The van der Waals surface area contributed by atoms with Crippen LogP contribution in [0.4, 0.5) is 0 Å². The van der Waals surface area contributed by atoms with Crippen LogP contribution >= 0.6 is 0 Å². The quantitative estimate of drug-likeness (QED) is 0.404. The number of β-lactam (4-membered cyclic amide) rings is 1. The molecule has 1 saturated carbocycles. The predicted octanol–water partition coefficient (Wildman–Crippen LogP) is -4.38. The van der Waals surface area contributed by atoms with Crippen molar-refractivity contribution in [3.63, 3.8) is 0 Å². The molecule has 2 heterocycles. The van der Waals surface area contributed by atoms with Crippen molar-refractivity contribution in [1.82, 2.24) is 4.90 Å². The third-order valence-corrected chi connectivity index (χ3v) is 4.81. The standard InChI is InChI=1S/C14H19NO5.Na/c1-5-8(12(17)7-3-4-7)11(14(19)20)15-10(5)9(6(2)16)13(15)18;/h5-7,9-10,12,16-17H,3-4H2,1-2H3,(H,19,20);/q;+1/p-1/t5-,6+,9+,10?,12+;/m0./s1. The summed E-state index contributed by atoms with van der Waals surface area (Å²) < 4.78 is 0. The summed E-state index contributed by atoms with van der Waals surface area (Å²) in [6.07, 6.45) is 0.0874. The summed E-state index contributed by atoms with van der Waals surface area (Å²) in [5.74, 6) is -2.60. The SMILES string of the molecule is C[C@H]1C([C@H](O)C2CC2)=C(C(=O)[O-])N2C(=O)[C@H]([C@@H](C)O)C12.[Na+]. The van der Waals surface area contributed by atoms with Crippen LogP contribution in [0.5, 0.6) is 0 Å². The van der Waals surface area contributed by atoms with Gasteiger partial charge in [-0.3, -0.25) is 4.79 Å². The van der Waals surface area contributed by atoms with Crippen molar-refractivity contribution in [2.45, 2.75) is 44.9 Å². The molecule has 0 spiro atoms. The smallest absolute Gasteiger partial charge is 0.543 e. The van der Waals surface area contributed by atoms with E-state index in [2.05, 4.69) is 0 Å². The zero-order chi connectivity index (χ0) is 14.8. The Morgan fingerprint density at radius 1 is 1.38 bits per heavy atom. The number of rotatable bonds is 4. The van der Waals surface area contributed by atoms with E-state index in [4.69, 9.17) is 0 Å². The molecule has 0 bridgehead atoms. The minimum atomic E-state index is -1.42. The molecule has 1 amide bonds. The van der Waals surface area contributed by atoms with E-state index in [9.17, 15) is 24.9 Å². The number of hydrogen-bond donors (Lipinski definition) is 2. The van der Waals surface area contributed by atoms with Crippen LogP contribution in [0.15, 0.2) is 11.3 Å². The summed E-state index contributed by atoms with van der Waals surface area (Å²) in [5, 5.41) is 31.4. The molecule has 0 aromatic heterocycles. The van der Waals surface area contributed by atoms with E-state index >= 15 is 0 Å². The Kier molecular flexibility index (Phi) is 4.57. The van der Waals surface area contributed by atoms with E-state index < -0.39 is 30.0 Å². The molecule has 0 aromatic rings. The van der Waals surface area contributed by atoms with Crippen LogP contribution in [0.3, 0.4) is 0 Å². The number of carboxylic acids is 1. The molecular weight excluding hydrogens is 285 g/mol. The molecule has 3 rings (SSSR count). The van der Waals surface area contributed by atoms with E-state index in [1.54, 1.807) is 6.92 Å². The number of carboxylic acid groups (broad SMARTS) is 1. The van der Waals surface area contributed by atoms with Gasteiger partial charge in [0.15, 0.2) is 0 Å². The Morgan fingerprint density at radius 3 is 2.38 bits per heavy atom. The van der Waals surface area contributed by atoms with Crippen LogP contribution in [0.1, 0.15) is 26.7 Å². The minimum absolute atomic E-state index is 0. The molecule has 6 nitrogen and oxygen atoms in total. The molecular formula is C14H18NNaO5. The summed E-state index contributed by atoms with van der Waals surface area (Å²) in [7, 11) is 0. The Morgan fingerprint density at radius 2 is 1.95 bits per heavy atom. The molecule has 0 aromatic carbocycles. The van der Waals surface area contributed by atoms with Crippen LogP contribution in [0.2, 0.25) is 0 Å². The molecule has 2 fully saturated rings. The topological polar surface area (TPSA) is 101 Å². The fourth-order valence-electron chi connectivity index (χ4n) is 3.65. The summed E-state index contributed by atoms with van der Waals surface area (Å²) in [6.45, 7) is 3.33. The molecule has 3 aliphatic rings. The average Bonchev–Trinajstić information content (AvgIpc) is 3.14. The first kappa shape index (κ1) is 17.0. The fourth-order valence-corrected chi connectivity index (χ4v) is 3.65. The van der Waals surface area contributed by atoms with Crippen molar-refractivity contribution in [3.8, 4) is 0 Å². The number of fused-ring (bicyclic) bond motifs is 1. The van der Waals surface area contributed by atoms with Gasteiger partial charge < -0.3 is 25.0 Å². The normalized spacial score (nSPS) is 34.0. The third kappa shape index (κ3) is 2.37. The zero-order valence-electron chi connectivity index (χ0n) is 12.4. The first-order chi connectivity index (χ1) is 9.36. The molecule has 0 radical (unpaired) electrons. The van der Waals surface area contributed by atoms with Crippen LogP contribution in [-0.4, -0.2) is 45.2 Å². The molecule has 1 unspecified atom stereocenters. The van der Waals surface area contributed by atoms with Crippen molar-refractivity contribution in [2.75, 3.05) is 0 Å². The van der Waals surface area contributed by atoms with Gasteiger partial charge in [-0.25, -0.2) is 0 Å². The number of amides is 1. The molecule has 110 valence electrons. The van der Waals surface area contributed by atoms with Gasteiger partial charge in [-0.2, -0.15) is 0 Å². The maximum Gasteiger partial charge on any atom is 1.00 e. The van der Waals surface area contributed by atoms with Crippen LogP contribution in [0, 0.1) is 17.8 Å². The van der Waals surface area contributed by atoms with E-state index in [0.717, 1.165) is 12.8 Å². The Balaban J connectivity index is 0.00000161. The third-order valence-electron chi connectivity index (χ3n) is 4.81. The van der Waals surface area contributed by atoms with E-state index in [-0.39, 0.29) is 53.1 Å². The van der Waals surface area contributed by atoms with Crippen molar-refractivity contribution in [3.05, 3.63) is 11.3 Å². The number of nitrogens with zero attached hydrogens (tertiary/aromatic N) is 1. The van der Waals surface area contributed by atoms with Gasteiger partial charge in [-0.15, -0.1) is 0 Å². The molecule has 5 atom stereocenters. The monoisotopic (exact) mass is 303 g/mol. The van der Waals surface area contributed by atoms with Gasteiger partial charge in [-0.1, -0.05) is 6.92 Å². The van der Waals surface area contributed by atoms with E-state index in [0.29, 0.717) is 5.57 Å². The molecule has 2 aliphatic heterocycles. The summed E-state index contributed by atoms with van der Waals surface area (Å²) in [4.78, 5) is 24.6. The number of carbonyl (C=O) groups excluding carboxylic acids is 2. The molecule has 21 heavy (non-hydrogen) atoms. The summed E-state index contributed by atoms with van der Waals surface area (Å²) >= 11 is 0. The van der Waals surface area contributed by atoms with Gasteiger partial charge in [0, 0.05) is 5.92 Å². The van der Waals surface area contributed by atoms with Crippen molar-refractivity contribution in [2.24, 2.45) is 17.8 Å². The first-order valence-corrected chi connectivity index (χ1v) is 7.00. The Hall–Kier alpha value is -0.400. The van der Waals surface area contributed by atoms with E-state index in [1.807, 2.05) is 0 Å². The Labute approximate surface area is 145 Å². The zero-order valence-corrected chi connectivity index (χ0v) is 14.4. The second-order valence-electron chi connectivity index (χ2n) is 6.13. The first-order valence-electron chi connectivity index (χ1n) is 7.00. The fraction of sp³-hybridized carbons (Fsp3) is 0.714. The number of carbonyl (C=O) groups is 2. The maximum atomic E-state index is 12.1. The van der Waals surface area contributed by atoms with Gasteiger partial charge in [0.2, 0.25) is 5.91 Å².